The first kappa shape index (κ1) is 15.8. The minimum Gasteiger partial charge on any atom is -0.443 e. The second-order valence-electron chi connectivity index (χ2n) is 6.36. The Morgan fingerprint density at radius 1 is 1.19 bits per heavy atom. The predicted octanol–water partition coefficient (Wildman–Crippen LogP) is 1.93. The largest absolute Gasteiger partial charge is 0.443 e. The van der Waals surface area contributed by atoms with Crippen molar-refractivity contribution < 1.29 is 19.1 Å². The molecule has 0 saturated carbocycles. The van der Waals surface area contributed by atoms with Gasteiger partial charge >= 0.3 is 6.09 Å². The van der Waals surface area contributed by atoms with Crippen LogP contribution in [0.5, 0.6) is 0 Å². The first-order valence-electron chi connectivity index (χ1n) is 7.67. The number of imide groups is 1. The average Bonchev–Trinajstić information content (AvgIpc) is 2.78. The summed E-state index contributed by atoms with van der Waals surface area (Å²) in [7, 11) is 0. The Morgan fingerprint density at radius 2 is 1.71 bits per heavy atom. The van der Waals surface area contributed by atoms with Gasteiger partial charge in [0.05, 0.1) is 0 Å². The van der Waals surface area contributed by atoms with Crippen LogP contribution >= 0.6 is 0 Å². The Bertz CT molecular complexity index is 423. The monoisotopic (exact) mass is 296 g/mol. The molecule has 118 valence electrons. The van der Waals surface area contributed by atoms with Crippen LogP contribution in [0.1, 0.15) is 52.9 Å². The van der Waals surface area contributed by atoms with Crippen molar-refractivity contribution in [3.05, 3.63) is 0 Å². The summed E-state index contributed by atoms with van der Waals surface area (Å²) >= 11 is 0. The molecule has 2 aliphatic heterocycles. The fourth-order valence-corrected chi connectivity index (χ4v) is 2.68. The summed E-state index contributed by atoms with van der Waals surface area (Å²) in [5, 5.41) is 0. The highest BCUT2D eigenvalue weighted by atomic mass is 16.6. The highest BCUT2D eigenvalue weighted by Gasteiger charge is 2.37. The van der Waals surface area contributed by atoms with Gasteiger partial charge in [-0.3, -0.25) is 14.5 Å². The standard InChI is InChI=1S/C15H24N2O4/c1-4-15(2,3)21-14(20)16-9-7-11(8-10-16)17-12(18)5-6-13(17)19/h11H,4-10H2,1-3H3. The number of likely N-dealkylation sites (tertiary alicyclic amines) is 2. The second-order valence-corrected chi connectivity index (χ2v) is 6.36. The molecule has 0 spiro atoms. The third-order valence-corrected chi connectivity index (χ3v) is 4.39. The first-order chi connectivity index (χ1) is 9.84. The zero-order valence-corrected chi connectivity index (χ0v) is 13.1. The van der Waals surface area contributed by atoms with Crippen LogP contribution in [-0.2, 0) is 14.3 Å². The molecule has 0 bridgehead atoms. The lowest BCUT2D eigenvalue weighted by molar-refractivity contribution is -0.142. The number of amides is 3. The molecule has 2 fully saturated rings. The van der Waals surface area contributed by atoms with E-state index in [0.29, 0.717) is 38.8 Å². The lowest BCUT2D eigenvalue weighted by Crippen LogP contribution is -2.49. The van der Waals surface area contributed by atoms with Crippen molar-refractivity contribution in [1.29, 1.82) is 0 Å². The van der Waals surface area contributed by atoms with Crippen molar-refractivity contribution in [3.8, 4) is 0 Å². The average molecular weight is 296 g/mol. The van der Waals surface area contributed by atoms with Crippen molar-refractivity contribution in [3.63, 3.8) is 0 Å². The van der Waals surface area contributed by atoms with E-state index in [-0.39, 0.29) is 23.9 Å². The van der Waals surface area contributed by atoms with Crippen LogP contribution in [0.3, 0.4) is 0 Å². The lowest BCUT2D eigenvalue weighted by Gasteiger charge is -2.36. The van der Waals surface area contributed by atoms with Gasteiger partial charge in [-0.05, 0) is 33.1 Å². The van der Waals surface area contributed by atoms with Gasteiger partial charge in [0, 0.05) is 32.0 Å². The molecule has 6 nitrogen and oxygen atoms in total. The molecule has 0 aromatic carbocycles. The van der Waals surface area contributed by atoms with Crippen LogP contribution in [0, 0.1) is 0 Å². The number of piperidine rings is 1. The number of ether oxygens (including phenoxy) is 1. The molecular weight excluding hydrogens is 272 g/mol. The topological polar surface area (TPSA) is 66.9 Å². The smallest absolute Gasteiger partial charge is 0.410 e. The van der Waals surface area contributed by atoms with E-state index in [2.05, 4.69) is 0 Å². The van der Waals surface area contributed by atoms with Crippen molar-refractivity contribution in [2.45, 2.75) is 64.5 Å². The molecule has 0 aromatic rings. The maximum atomic E-state index is 12.1. The second kappa shape index (κ2) is 6.03. The molecule has 0 aromatic heterocycles. The van der Waals surface area contributed by atoms with Gasteiger partial charge in [-0.15, -0.1) is 0 Å². The van der Waals surface area contributed by atoms with Gasteiger partial charge in [0.25, 0.3) is 0 Å². The molecule has 2 saturated heterocycles. The maximum Gasteiger partial charge on any atom is 0.410 e. The number of hydrogen-bond acceptors (Lipinski definition) is 4. The minimum absolute atomic E-state index is 0.0595. The number of hydrogen-bond donors (Lipinski definition) is 0. The van der Waals surface area contributed by atoms with Gasteiger partial charge in [-0.25, -0.2) is 4.79 Å². The summed E-state index contributed by atoms with van der Waals surface area (Å²) in [5.74, 6) is -0.152. The lowest BCUT2D eigenvalue weighted by atomic mass is 10.0. The van der Waals surface area contributed by atoms with Gasteiger partial charge in [0.15, 0.2) is 0 Å². The molecule has 2 rings (SSSR count). The quantitative estimate of drug-likeness (QED) is 0.746. The normalized spacial score (nSPS) is 21.1. The van der Waals surface area contributed by atoms with Crippen molar-refractivity contribution >= 4 is 17.9 Å². The van der Waals surface area contributed by atoms with E-state index in [1.807, 2.05) is 20.8 Å². The molecule has 0 atom stereocenters. The summed E-state index contributed by atoms with van der Waals surface area (Å²) in [5.41, 5.74) is -0.463. The van der Waals surface area contributed by atoms with Crippen LogP contribution in [0.25, 0.3) is 0 Å². The molecule has 3 amide bonds. The SMILES string of the molecule is CCC(C)(C)OC(=O)N1CCC(N2C(=O)CCC2=O)CC1. The maximum absolute atomic E-state index is 12.1. The Morgan fingerprint density at radius 3 is 2.19 bits per heavy atom. The van der Waals surface area contributed by atoms with Gasteiger partial charge in [0.2, 0.25) is 11.8 Å². The molecule has 0 radical (unpaired) electrons. The molecule has 6 heteroatoms. The summed E-state index contributed by atoms with van der Waals surface area (Å²) < 4.78 is 5.47. The minimum atomic E-state index is -0.463. The predicted molar refractivity (Wildman–Crippen MR) is 76.5 cm³/mol. The van der Waals surface area contributed by atoms with Gasteiger partial charge in [-0.1, -0.05) is 6.92 Å². The van der Waals surface area contributed by atoms with Gasteiger partial charge in [0.1, 0.15) is 5.60 Å². The molecule has 0 aliphatic carbocycles. The van der Waals surface area contributed by atoms with E-state index in [0.717, 1.165) is 6.42 Å². The third kappa shape index (κ3) is 3.54. The summed E-state index contributed by atoms with van der Waals surface area (Å²) in [6.07, 6.45) is 2.38. The summed E-state index contributed by atoms with van der Waals surface area (Å²) in [4.78, 5) is 38.6. The highest BCUT2D eigenvalue weighted by Crippen LogP contribution is 2.24. The number of carbonyl (C=O) groups excluding carboxylic acids is 3. The molecule has 2 aliphatic rings. The summed E-state index contributed by atoms with van der Waals surface area (Å²) in [6.45, 7) is 6.81. The molecule has 2 heterocycles. The Balaban J connectivity index is 1.87. The zero-order chi connectivity index (χ0) is 15.6. The number of nitrogens with zero attached hydrogens (tertiary/aromatic N) is 2. The van der Waals surface area contributed by atoms with Crippen LogP contribution < -0.4 is 0 Å². The van der Waals surface area contributed by atoms with Crippen molar-refractivity contribution in [2.75, 3.05) is 13.1 Å². The fraction of sp³-hybridized carbons (Fsp3) is 0.800. The van der Waals surface area contributed by atoms with Crippen LogP contribution in [-0.4, -0.2) is 52.4 Å². The van der Waals surface area contributed by atoms with Gasteiger partial charge < -0.3 is 9.64 Å². The molecule has 0 N–H and O–H groups in total. The van der Waals surface area contributed by atoms with E-state index in [1.165, 1.54) is 4.90 Å². The Kier molecular flexibility index (Phi) is 4.54. The molecular formula is C15H24N2O4. The fourth-order valence-electron chi connectivity index (χ4n) is 2.68. The van der Waals surface area contributed by atoms with E-state index < -0.39 is 5.60 Å². The van der Waals surface area contributed by atoms with Gasteiger partial charge in [-0.2, -0.15) is 0 Å². The Hall–Kier alpha value is -1.59. The highest BCUT2D eigenvalue weighted by molar-refractivity contribution is 6.02. The first-order valence-corrected chi connectivity index (χ1v) is 7.67. The van der Waals surface area contributed by atoms with Crippen molar-refractivity contribution in [1.82, 2.24) is 9.80 Å². The number of rotatable bonds is 3. The number of carbonyl (C=O) groups is 3. The van der Waals surface area contributed by atoms with Crippen LogP contribution in [0.2, 0.25) is 0 Å². The molecule has 0 unspecified atom stereocenters. The summed E-state index contributed by atoms with van der Waals surface area (Å²) in [6, 6.07) is -0.0595. The van der Waals surface area contributed by atoms with E-state index in [1.54, 1.807) is 4.90 Å². The molecule has 21 heavy (non-hydrogen) atoms. The van der Waals surface area contributed by atoms with E-state index in [9.17, 15) is 14.4 Å². The van der Waals surface area contributed by atoms with Crippen molar-refractivity contribution in [2.24, 2.45) is 0 Å². The van der Waals surface area contributed by atoms with Crippen LogP contribution in [0.15, 0.2) is 0 Å². The van der Waals surface area contributed by atoms with E-state index >= 15 is 0 Å². The third-order valence-electron chi connectivity index (χ3n) is 4.39. The Labute approximate surface area is 125 Å². The van der Waals surface area contributed by atoms with E-state index in [4.69, 9.17) is 4.74 Å². The zero-order valence-electron chi connectivity index (χ0n) is 13.1. The van der Waals surface area contributed by atoms with Crippen LogP contribution in [0.4, 0.5) is 4.79 Å².